The Balaban J connectivity index is 2.52. The van der Waals surface area contributed by atoms with E-state index >= 15 is 0 Å². The molecule has 0 N–H and O–H groups in total. The summed E-state index contributed by atoms with van der Waals surface area (Å²) in [6.07, 6.45) is 2.44. The number of rotatable bonds is 5. The van der Waals surface area contributed by atoms with Gasteiger partial charge in [-0.25, -0.2) is 4.79 Å². The second-order valence-corrected chi connectivity index (χ2v) is 5.89. The van der Waals surface area contributed by atoms with Crippen LogP contribution < -0.4 is 0 Å². The number of ether oxygens (including phenoxy) is 1. The predicted octanol–water partition coefficient (Wildman–Crippen LogP) is 5.55. The molecule has 0 amide bonds. The van der Waals surface area contributed by atoms with Gasteiger partial charge in [-0.15, -0.1) is 0 Å². The molecule has 0 radical (unpaired) electrons. The minimum absolute atomic E-state index is 0.327. The zero-order chi connectivity index (χ0) is 16.8. The van der Waals surface area contributed by atoms with Crippen molar-refractivity contribution >= 4 is 34.7 Å². The first kappa shape index (κ1) is 17.6. The summed E-state index contributed by atoms with van der Waals surface area (Å²) in [6.45, 7) is 4.20. The van der Waals surface area contributed by atoms with E-state index in [0.29, 0.717) is 16.7 Å². The second-order valence-electron chi connectivity index (χ2n) is 5.02. The van der Waals surface area contributed by atoms with Crippen LogP contribution in [0.15, 0.2) is 48.5 Å². The summed E-state index contributed by atoms with van der Waals surface area (Å²) in [5.74, 6) is -0.391. The summed E-state index contributed by atoms with van der Waals surface area (Å²) in [4.78, 5) is 11.9. The maximum Gasteiger partial charge on any atom is 0.331 e. The van der Waals surface area contributed by atoms with E-state index < -0.39 is 5.97 Å². The molecule has 0 saturated heterocycles. The predicted molar refractivity (Wildman–Crippen MR) is 96.0 cm³/mol. The van der Waals surface area contributed by atoms with Crippen molar-refractivity contribution < 1.29 is 9.53 Å². The Hall–Kier alpha value is -1.77. The number of hydrogen-bond acceptors (Lipinski definition) is 2. The molecule has 2 rings (SSSR count). The van der Waals surface area contributed by atoms with Crippen LogP contribution in [0.3, 0.4) is 0 Å². The van der Waals surface area contributed by atoms with E-state index in [1.807, 2.05) is 24.3 Å². The lowest BCUT2D eigenvalue weighted by Gasteiger charge is -2.10. The highest BCUT2D eigenvalue weighted by Crippen LogP contribution is 2.29. The van der Waals surface area contributed by atoms with Crippen LogP contribution in [-0.4, -0.2) is 12.6 Å². The van der Waals surface area contributed by atoms with Gasteiger partial charge in [-0.2, -0.15) is 0 Å². The summed E-state index contributed by atoms with van der Waals surface area (Å²) >= 11 is 12.2. The first-order valence-electron chi connectivity index (χ1n) is 7.47. The van der Waals surface area contributed by atoms with Gasteiger partial charge in [-0.1, -0.05) is 54.4 Å². The number of carbonyl (C=O) groups is 1. The van der Waals surface area contributed by atoms with E-state index in [-0.39, 0.29) is 0 Å². The molecule has 0 heterocycles. The first-order chi connectivity index (χ1) is 11.0. The summed E-state index contributed by atoms with van der Waals surface area (Å²) in [5, 5.41) is 1.04. The van der Waals surface area contributed by atoms with Gasteiger partial charge >= 0.3 is 5.97 Å². The van der Waals surface area contributed by atoms with Gasteiger partial charge in [0, 0.05) is 16.1 Å². The molecule has 0 spiro atoms. The number of hydrogen-bond donors (Lipinski definition) is 0. The SMILES string of the molecule is CCOC(=O)C=C(c1ccc(CC)cc1)c1cc(Cl)cc(Cl)c1. The molecular formula is C19H18Cl2O2. The average Bonchev–Trinajstić information content (AvgIpc) is 2.52. The molecule has 2 aromatic carbocycles. The van der Waals surface area contributed by atoms with Crippen LogP contribution in [0.5, 0.6) is 0 Å². The zero-order valence-corrected chi connectivity index (χ0v) is 14.6. The van der Waals surface area contributed by atoms with Gasteiger partial charge in [0.15, 0.2) is 0 Å². The fourth-order valence-electron chi connectivity index (χ4n) is 2.26. The number of aryl methyl sites for hydroxylation is 1. The van der Waals surface area contributed by atoms with E-state index in [2.05, 4.69) is 6.92 Å². The van der Waals surface area contributed by atoms with Gasteiger partial charge in [-0.3, -0.25) is 0 Å². The third-order valence-electron chi connectivity index (χ3n) is 3.40. The molecule has 0 fully saturated rings. The van der Waals surface area contributed by atoms with Crippen LogP contribution >= 0.6 is 23.2 Å². The molecule has 120 valence electrons. The fraction of sp³-hybridized carbons (Fsp3) is 0.211. The maximum absolute atomic E-state index is 11.9. The lowest BCUT2D eigenvalue weighted by molar-refractivity contribution is -0.137. The monoisotopic (exact) mass is 348 g/mol. The molecule has 0 aliphatic rings. The Kier molecular flexibility index (Phi) is 6.26. The molecular weight excluding hydrogens is 331 g/mol. The third kappa shape index (κ3) is 4.85. The quantitative estimate of drug-likeness (QED) is 0.522. The number of benzene rings is 2. The highest BCUT2D eigenvalue weighted by atomic mass is 35.5. The van der Waals surface area contributed by atoms with Gasteiger partial charge in [0.25, 0.3) is 0 Å². The molecule has 0 bridgehead atoms. The van der Waals surface area contributed by atoms with Crippen molar-refractivity contribution in [2.24, 2.45) is 0 Å². The van der Waals surface area contributed by atoms with Crippen molar-refractivity contribution in [1.29, 1.82) is 0 Å². The lowest BCUT2D eigenvalue weighted by Crippen LogP contribution is -2.02. The van der Waals surface area contributed by atoms with Crippen molar-refractivity contribution in [3.63, 3.8) is 0 Å². The fourth-order valence-corrected chi connectivity index (χ4v) is 2.79. The largest absolute Gasteiger partial charge is 0.463 e. The zero-order valence-electron chi connectivity index (χ0n) is 13.1. The molecule has 0 aliphatic heterocycles. The van der Waals surface area contributed by atoms with Gasteiger partial charge in [-0.05, 0) is 53.8 Å². The Morgan fingerprint density at radius 2 is 1.61 bits per heavy atom. The number of carbonyl (C=O) groups excluding carboxylic acids is 1. The number of esters is 1. The Morgan fingerprint density at radius 1 is 1.00 bits per heavy atom. The molecule has 0 saturated carbocycles. The summed E-state index contributed by atoms with van der Waals surface area (Å²) in [6, 6.07) is 13.3. The standard InChI is InChI=1S/C19H18Cl2O2/c1-3-13-5-7-14(8-6-13)18(12-19(22)23-4-2)15-9-16(20)11-17(21)10-15/h5-12H,3-4H2,1-2H3. The minimum Gasteiger partial charge on any atom is -0.463 e. The first-order valence-corrected chi connectivity index (χ1v) is 8.23. The van der Waals surface area contributed by atoms with E-state index in [1.54, 1.807) is 25.1 Å². The van der Waals surface area contributed by atoms with Crippen molar-refractivity contribution in [2.75, 3.05) is 6.61 Å². The number of halogens is 2. The lowest BCUT2D eigenvalue weighted by atomic mass is 9.96. The Bertz CT molecular complexity index is 698. The topological polar surface area (TPSA) is 26.3 Å². The van der Waals surface area contributed by atoms with Gasteiger partial charge in [0.05, 0.1) is 6.61 Å². The van der Waals surface area contributed by atoms with Crippen LogP contribution in [0.25, 0.3) is 5.57 Å². The summed E-state index contributed by atoms with van der Waals surface area (Å²) in [7, 11) is 0. The van der Waals surface area contributed by atoms with Crippen LogP contribution in [-0.2, 0) is 16.0 Å². The molecule has 23 heavy (non-hydrogen) atoms. The van der Waals surface area contributed by atoms with E-state index in [0.717, 1.165) is 23.1 Å². The molecule has 0 aromatic heterocycles. The van der Waals surface area contributed by atoms with E-state index in [9.17, 15) is 4.79 Å². The van der Waals surface area contributed by atoms with Gasteiger partial charge in [0.2, 0.25) is 0 Å². The Morgan fingerprint density at radius 3 is 2.13 bits per heavy atom. The summed E-state index contributed by atoms with van der Waals surface area (Å²) in [5.41, 5.74) is 3.65. The Labute approximate surface area is 146 Å². The molecule has 2 nitrogen and oxygen atoms in total. The highest BCUT2D eigenvalue weighted by Gasteiger charge is 2.10. The van der Waals surface area contributed by atoms with Crippen LogP contribution in [0.2, 0.25) is 10.0 Å². The maximum atomic E-state index is 11.9. The average molecular weight is 349 g/mol. The van der Waals surface area contributed by atoms with Crippen molar-refractivity contribution in [1.82, 2.24) is 0 Å². The van der Waals surface area contributed by atoms with Gasteiger partial charge in [0.1, 0.15) is 0 Å². The van der Waals surface area contributed by atoms with E-state index in [1.165, 1.54) is 11.6 Å². The molecule has 0 unspecified atom stereocenters. The molecule has 0 atom stereocenters. The normalized spacial score (nSPS) is 11.4. The van der Waals surface area contributed by atoms with Crippen molar-refractivity contribution in [2.45, 2.75) is 20.3 Å². The van der Waals surface area contributed by atoms with Crippen LogP contribution in [0, 0.1) is 0 Å². The van der Waals surface area contributed by atoms with E-state index in [4.69, 9.17) is 27.9 Å². The molecule has 4 heteroatoms. The van der Waals surface area contributed by atoms with Crippen molar-refractivity contribution in [3.8, 4) is 0 Å². The smallest absolute Gasteiger partial charge is 0.331 e. The highest BCUT2D eigenvalue weighted by molar-refractivity contribution is 6.35. The minimum atomic E-state index is -0.391. The second kappa shape index (κ2) is 8.19. The third-order valence-corrected chi connectivity index (χ3v) is 3.83. The van der Waals surface area contributed by atoms with Gasteiger partial charge < -0.3 is 4.74 Å². The molecule has 2 aromatic rings. The van der Waals surface area contributed by atoms with Crippen molar-refractivity contribution in [3.05, 3.63) is 75.3 Å². The molecule has 0 aliphatic carbocycles. The van der Waals surface area contributed by atoms with Crippen LogP contribution in [0.4, 0.5) is 0 Å². The van der Waals surface area contributed by atoms with Crippen LogP contribution in [0.1, 0.15) is 30.5 Å². The summed E-state index contributed by atoms with van der Waals surface area (Å²) < 4.78 is 5.04.